The maximum absolute atomic E-state index is 11.7. The van der Waals surface area contributed by atoms with Crippen molar-refractivity contribution in [1.82, 2.24) is 4.57 Å². The van der Waals surface area contributed by atoms with E-state index in [0.717, 1.165) is 43.3 Å². The maximum atomic E-state index is 11.7. The number of nitrogens with zero attached hydrogens (tertiary/aromatic N) is 1. The third kappa shape index (κ3) is 2.74. The number of rotatable bonds is 5. The Morgan fingerprint density at radius 3 is 2.71 bits per heavy atom. The fourth-order valence-corrected chi connectivity index (χ4v) is 2.06. The van der Waals surface area contributed by atoms with Gasteiger partial charge in [-0.2, -0.15) is 0 Å². The van der Waals surface area contributed by atoms with Crippen LogP contribution in [0.1, 0.15) is 19.3 Å². The summed E-state index contributed by atoms with van der Waals surface area (Å²) in [5.41, 5.74) is 6.59. The lowest BCUT2D eigenvalue weighted by atomic mass is 10.2. The molecule has 0 bridgehead atoms. The fourth-order valence-electron chi connectivity index (χ4n) is 2.06. The largest absolute Gasteiger partial charge is 0.347 e. The number of nitrogens with two attached hydrogens (primary N) is 1. The normalized spacial score (nSPS) is 10.9. The zero-order valence-corrected chi connectivity index (χ0v) is 9.93. The number of hydrogen-bond acceptors (Lipinski definition) is 2. The van der Waals surface area contributed by atoms with Crippen LogP contribution >= 0.6 is 0 Å². The van der Waals surface area contributed by atoms with Crippen molar-refractivity contribution in [1.29, 1.82) is 0 Å². The molecule has 3 heteroatoms. The molecule has 0 aliphatic heterocycles. The van der Waals surface area contributed by atoms with Crippen molar-refractivity contribution in [2.24, 2.45) is 5.73 Å². The van der Waals surface area contributed by atoms with Crippen molar-refractivity contribution < 1.29 is 0 Å². The Bertz CT molecular complexity index is 545. The summed E-state index contributed by atoms with van der Waals surface area (Å²) in [6.07, 6.45) is 5.19. The van der Waals surface area contributed by atoms with Gasteiger partial charge in [-0.05, 0) is 31.5 Å². The van der Waals surface area contributed by atoms with Gasteiger partial charge in [0, 0.05) is 24.2 Å². The fraction of sp³-hybridized carbons (Fsp3) is 0.357. The van der Waals surface area contributed by atoms with Gasteiger partial charge >= 0.3 is 0 Å². The van der Waals surface area contributed by atoms with Gasteiger partial charge in [0.2, 0.25) is 0 Å². The van der Waals surface area contributed by atoms with Crippen LogP contribution in [0, 0.1) is 0 Å². The van der Waals surface area contributed by atoms with E-state index in [1.807, 2.05) is 30.5 Å². The molecule has 0 aliphatic rings. The zero-order valence-electron chi connectivity index (χ0n) is 9.93. The van der Waals surface area contributed by atoms with Crippen molar-refractivity contribution in [3.05, 3.63) is 46.8 Å². The van der Waals surface area contributed by atoms with Gasteiger partial charge in [-0.1, -0.05) is 18.6 Å². The Kier molecular flexibility index (Phi) is 3.94. The van der Waals surface area contributed by atoms with E-state index in [1.54, 1.807) is 6.07 Å². The molecule has 2 rings (SSSR count). The van der Waals surface area contributed by atoms with Crippen molar-refractivity contribution >= 4 is 10.9 Å². The molecule has 0 fully saturated rings. The zero-order chi connectivity index (χ0) is 12.1. The second-order valence-corrected chi connectivity index (χ2v) is 4.24. The first-order chi connectivity index (χ1) is 8.33. The molecule has 0 aliphatic carbocycles. The maximum Gasteiger partial charge on any atom is 0.189 e. The average Bonchev–Trinajstić information content (AvgIpc) is 2.37. The molecule has 0 atom stereocenters. The quantitative estimate of drug-likeness (QED) is 0.800. The summed E-state index contributed by atoms with van der Waals surface area (Å²) < 4.78 is 2.15. The molecule has 1 aromatic heterocycles. The molecule has 1 heterocycles. The van der Waals surface area contributed by atoms with Crippen LogP contribution < -0.4 is 11.2 Å². The van der Waals surface area contributed by atoms with Gasteiger partial charge in [0.05, 0.1) is 5.52 Å². The molecule has 2 N–H and O–H groups in total. The summed E-state index contributed by atoms with van der Waals surface area (Å²) in [5, 5.41) is 0.800. The van der Waals surface area contributed by atoms with Gasteiger partial charge in [0.25, 0.3) is 0 Å². The third-order valence-corrected chi connectivity index (χ3v) is 2.99. The average molecular weight is 230 g/mol. The van der Waals surface area contributed by atoms with Gasteiger partial charge in [-0.25, -0.2) is 0 Å². The highest BCUT2D eigenvalue weighted by molar-refractivity contribution is 5.78. The van der Waals surface area contributed by atoms with E-state index in [9.17, 15) is 4.79 Å². The highest BCUT2D eigenvalue weighted by Crippen LogP contribution is 2.10. The van der Waals surface area contributed by atoms with Gasteiger partial charge in [-0.15, -0.1) is 0 Å². The van der Waals surface area contributed by atoms with Crippen molar-refractivity contribution in [3.8, 4) is 0 Å². The van der Waals surface area contributed by atoms with Crippen LogP contribution in [0.3, 0.4) is 0 Å². The number of aromatic nitrogens is 1. The standard InChI is InChI=1S/C14H18N2O/c15-9-4-1-5-10-16-11-8-14(17)12-6-2-3-7-13(12)16/h2-3,6-8,11H,1,4-5,9-10,15H2. The van der Waals surface area contributed by atoms with E-state index in [0.29, 0.717) is 0 Å². The minimum atomic E-state index is 0.0961. The van der Waals surface area contributed by atoms with E-state index in [4.69, 9.17) is 5.73 Å². The SMILES string of the molecule is NCCCCCn1ccc(=O)c2ccccc21. The summed E-state index contributed by atoms with van der Waals surface area (Å²) in [6, 6.07) is 9.40. The summed E-state index contributed by atoms with van der Waals surface area (Å²) in [5.74, 6) is 0. The van der Waals surface area contributed by atoms with E-state index in [-0.39, 0.29) is 5.43 Å². The molecule has 0 amide bonds. The van der Waals surface area contributed by atoms with Crippen molar-refractivity contribution in [2.75, 3.05) is 6.54 Å². The number of para-hydroxylation sites is 1. The summed E-state index contributed by atoms with van der Waals surface area (Å²) in [7, 11) is 0. The molecular weight excluding hydrogens is 212 g/mol. The molecule has 3 nitrogen and oxygen atoms in total. The molecule has 0 saturated carbocycles. The summed E-state index contributed by atoms with van der Waals surface area (Å²) in [4.78, 5) is 11.7. The van der Waals surface area contributed by atoms with Crippen molar-refractivity contribution in [2.45, 2.75) is 25.8 Å². The van der Waals surface area contributed by atoms with Gasteiger partial charge in [0.1, 0.15) is 0 Å². The topological polar surface area (TPSA) is 48.0 Å². The first-order valence-corrected chi connectivity index (χ1v) is 6.11. The Morgan fingerprint density at radius 2 is 1.88 bits per heavy atom. The van der Waals surface area contributed by atoms with Gasteiger partial charge in [0.15, 0.2) is 5.43 Å². The number of unbranched alkanes of at least 4 members (excludes halogenated alkanes) is 2. The lowest BCUT2D eigenvalue weighted by Crippen LogP contribution is -2.08. The monoisotopic (exact) mass is 230 g/mol. The van der Waals surface area contributed by atoms with Crippen LogP contribution in [0.5, 0.6) is 0 Å². The Labute approximate surface area is 101 Å². The van der Waals surface area contributed by atoms with E-state index in [2.05, 4.69) is 4.57 Å². The number of aryl methyl sites for hydroxylation is 1. The number of benzene rings is 1. The Hall–Kier alpha value is -1.61. The first kappa shape index (κ1) is 11.9. The predicted molar refractivity (Wildman–Crippen MR) is 71.1 cm³/mol. The summed E-state index contributed by atoms with van der Waals surface area (Å²) >= 11 is 0. The highest BCUT2D eigenvalue weighted by atomic mass is 16.1. The second kappa shape index (κ2) is 5.64. The third-order valence-electron chi connectivity index (χ3n) is 2.99. The Balaban J connectivity index is 2.23. The molecule has 0 radical (unpaired) electrons. The van der Waals surface area contributed by atoms with Crippen LogP contribution in [0.25, 0.3) is 10.9 Å². The van der Waals surface area contributed by atoms with Gasteiger partial charge in [-0.3, -0.25) is 4.79 Å². The molecule has 17 heavy (non-hydrogen) atoms. The first-order valence-electron chi connectivity index (χ1n) is 6.11. The number of fused-ring (bicyclic) bond motifs is 1. The molecule has 0 unspecified atom stereocenters. The Morgan fingerprint density at radius 1 is 1.06 bits per heavy atom. The van der Waals surface area contributed by atoms with Crippen molar-refractivity contribution in [3.63, 3.8) is 0 Å². The minimum absolute atomic E-state index is 0.0961. The van der Waals surface area contributed by atoms with Crippen LogP contribution in [-0.2, 0) is 6.54 Å². The highest BCUT2D eigenvalue weighted by Gasteiger charge is 2.01. The van der Waals surface area contributed by atoms with Crippen LogP contribution in [-0.4, -0.2) is 11.1 Å². The molecule has 0 spiro atoms. The minimum Gasteiger partial charge on any atom is -0.347 e. The van der Waals surface area contributed by atoms with E-state index >= 15 is 0 Å². The molecule has 1 aromatic carbocycles. The molecular formula is C14H18N2O. The molecule has 0 saturated heterocycles. The number of hydrogen-bond donors (Lipinski definition) is 1. The van der Waals surface area contributed by atoms with Crippen LogP contribution in [0.2, 0.25) is 0 Å². The molecule has 2 aromatic rings. The lowest BCUT2D eigenvalue weighted by Gasteiger charge is -2.10. The van der Waals surface area contributed by atoms with E-state index < -0.39 is 0 Å². The number of pyridine rings is 1. The van der Waals surface area contributed by atoms with Gasteiger partial charge < -0.3 is 10.3 Å². The predicted octanol–water partition coefficient (Wildman–Crippen LogP) is 2.13. The van der Waals surface area contributed by atoms with Crippen LogP contribution in [0.4, 0.5) is 0 Å². The molecule has 90 valence electrons. The summed E-state index contributed by atoms with van der Waals surface area (Å²) in [6.45, 7) is 1.70. The van der Waals surface area contributed by atoms with Crippen LogP contribution in [0.15, 0.2) is 41.3 Å². The lowest BCUT2D eigenvalue weighted by molar-refractivity contribution is 0.601. The van der Waals surface area contributed by atoms with E-state index in [1.165, 1.54) is 0 Å². The second-order valence-electron chi connectivity index (χ2n) is 4.24. The smallest absolute Gasteiger partial charge is 0.189 e.